The van der Waals surface area contributed by atoms with Crippen LogP contribution in [-0.2, 0) is 0 Å². The summed E-state index contributed by atoms with van der Waals surface area (Å²) in [7, 11) is 0. The number of carbonyl (C=O) groups excluding carboxylic acids is 1. The normalized spacial score (nSPS) is 27.3. The van der Waals surface area contributed by atoms with Gasteiger partial charge in [0.2, 0.25) is 0 Å². The Hall–Kier alpha value is -1.55. The Bertz CT molecular complexity index is 499. The maximum Gasteiger partial charge on any atom is 0.315 e. The molecule has 3 atom stereocenters. The number of carbonyl (C=O) groups is 1. The van der Waals surface area contributed by atoms with Gasteiger partial charge in [-0.1, -0.05) is 37.3 Å². The summed E-state index contributed by atoms with van der Waals surface area (Å²) in [6, 6.07) is 10.0. The van der Waals surface area contributed by atoms with Crippen molar-refractivity contribution in [3.63, 3.8) is 0 Å². The molecule has 0 bridgehead atoms. The maximum absolute atomic E-state index is 12.1. The lowest BCUT2D eigenvalue weighted by Crippen LogP contribution is -2.50. The first-order valence-corrected chi connectivity index (χ1v) is 7.89. The van der Waals surface area contributed by atoms with Crippen molar-refractivity contribution < 1.29 is 9.90 Å². The summed E-state index contributed by atoms with van der Waals surface area (Å²) in [6.07, 6.45) is 3.78. The van der Waals surface area contributed by atoms with E-state index in [1.54, 1.807) is 0 Å². The first kappa shape index (κ1) is 14.4. The summed E-state index contributed by atoms with van der Waals surface area (Å²) in [6.45, 7) is 2.57. The van der Waals surface area contributed by atoms with Gasteiger partial charge in [-0.3, -0.25) is 0 Å². The minimum absolute atomic E-state index is 0.0669. The van der Waals surface area contributed by atoms with E-state index in [1.807, 2.05) is 18.2 Å². The van der Waals surface area contributed by atoms with E-state index in [-0.39, 0.29) is 12.1 Å². The van der Waals surface area contributed by atoms with Crippen LogP contribution >= 0.6 is 0 Å². The predicted molar refractivity (Wildman–Crippen MR) is 81.8 cm³/mol. The number of benzene rings is 1. The van der Waals surface area contributed by atoms with E-state index in [9.17, 15) is 9.90 Å². The molecule has 2 saturated carbocycles. The number of amides is 2. The van der Waals surface area contributed by atoms with Crippen LogP contribution in [0, 0.1) is 11.8 Å². The Labute approximate surface area is 125 Å². The number of hydrogen-bond donors (Lipinski definition) is 3. The Kier molecular flexibility index (Phi) is 3.89. The predicted octanol–water partition coefficient (Wildman–Crippen LogP) is 2.60. The standard InChI is InChI=1S/C17H24N2O2/c1-12-10-14(12)15(13-6-3-2-4-7-13)19-16(20)18-11-17(21)8-5-9-17/h2-4,6-7,12,14-15,21H,5,8-11H2,1H3,(H2,18,19,20). The fraction of sp³-hybridized carbons (Fsp3) is 0.588. The molecule has 1 aromatic carbocycles. The zero-order valence-corrected chi connectivity index (χ0v) is 12.5. The Morgan fingerprint density at radius 3 is 2.57 bits per heavy atom. The molecule has 1 aromatic rings. The van der Waals surface area contributed by atoms with Gasteiger partial charge in [-0.2, -0.15) is 0 Å². The second-order valence-corrected chi connectivity index (χ2v) is 6.67. The number of hydrogen-bond acceptors (Lipinski definition) is 2. The van der Waals surface area contributed by atoms with Crippen LogP contribution in [0.1, 0.15) is 44.2 Å². The highest BCUT2D eigenvalue weighted by atomic mass is 16.3. The average Bonchev–Trinajstić information content (AvgIpc) is 3.18. The van der Waals surface area contributed by atoms with Crippen LogP contribution in [0.2, 0.25) is 0 Å². The van der Waals surface area contributed by atoms with Crippen LogP contribution in [0.5, 0.6) is 0 Å². The SMILES string of the molecule is CC1CC1C(NC(=O)NCC1(O)CCC1)c1ccccc1. The van der Waals surface area contributed by atoms with Gasteiger partial charge in [0.1, 0.15) is 0 Å². The van der Waals surface area contributed by atoms with Crippen LogP contribution in [0.4, 0.5) is 4.79 Å². The third kappa shape index (κ3) is 3.38. The van der Waals surface area contributed by atoms with Crippen molar-refractivity contribution in [2.75, 3.05) is 6.54 Å². The van der Waals surface area contributed by atoms with Gasteiger partial charge in [0.05, 0.1) is 11.6 Å². The van der Waals surface area contributed by atoms with Gasteiger partial charge in [0.25, 0.3) is 0 Å². The molecule has 2 aliphatic rings. The van der Waals surface area contributed by atoms with Crippen LogP contribution in [0.3, 0.4) is 0 Å². The highest BCUT2D eigenvalue weighted by molar-refractivity contribution is 5.74. The lowest BCUT2D eigenvalue weighted by molar-refractivity contribution is -0.0290. The van der Waals surface area contributed by atoms with Gasteiger partial charge in [0, 0.05) is 6.54 Å². The summed E-state index contributed by atoms with van der Waals surface area (Å²) < 4.78 is 0. The van der Waals surface area contributed by atoms with Crippen molar-refractivity contribution in [1.82, 2.24) is 10.6 Å². The fourth-order valence-corrected chi connectivity index (χ4v) is 3.11. The summed E-state index contributed by atoms with van der Waals surface area (Å²) in [5, 5.41) is 15.9. The van der Waals surface area contributed by atoms with E-state index in [0.29, 0.717) is 18.4 Å². The topological polar surface area (TPSA) is 61.4 Å². The summed E-state index contributed by atoms with van der Waals surface area (Å²) in [5.74, 6) is 1.18. The largest absolute Gasteiger partial charge is 0.388 e. The van der Waals surface area contributed by atoms with E-state index >= 15 is 0 Å². The molecule has 114 valence electrons. The van der Waals surface area contributed by atoms with Gasteiger partial charge in [-0.25, -0.2) is 4.79 Å². The summed E-state index contributed by atoms with van der Waals surface area (Å²) in [4.78, 5) is 12.1. The second kappa shape index (κ2) is 5.68. The van der Waals surface area contributed by atoms with Gasteiger partial charge in [0.15, 0.2) is 0 Å². The fourth-order valence-electron chi connectivity index (χ4n) is 3.11. The number of rotatable bonds is 5. The van der Waals surface area contributed by atoms with Crippen molar-refractivity contribution in [3.05, 3.63) is 35.9 Å². The van der Waals surface area contributed by atoms with Crippen LogP contribution in [0.15, 0.2) is 30.3 Å². The van der Waals surface area contributed by atoms with Gasteiger partial charge in [-0.15, -0.1) is 0 Å². The molecule has 0 aliphatic heterocycles. The minimum Gasteiger partial charge on any atom is -0.388 e. The quantitative estimate of drug-likeness (QED) is 0.780. The minimum atomic E-state index is -0.674. The van der Waals surface area contributed by atoms with Crippen LogP contribution < -0.4 is 10.6 Å². The molecule has 4 heteroatoms. The molecule has 0 heterocycles. The monoisotopic (exact) mass is 288 g/mol. The molecule has 3 unspecified atom stereocenters. The third-order valence-electron chi connectivity index (χ3n) is 4.91. The smallest absolute Gasteiger partial charge is 0.315 e. The summed E-state index contributed by atoms with van der Waals surface area (Å²) >= 11 is 0. The van der Waals surface area contributed by atoms with E-state index in [4.69, 9.17) is 0 Å². The van der Waals surface area contributed by atoms with E-state index < -0.39 is 5.60 Å². The molecule has 0 saturated heterocycles. The Balaban J connectivity index is 1.58. The van der Waals surface area contributed by atoms with Crippen molar-refractivity contribution in [3.8, 4) is 0 Å². The lowest BCUT2D eigenvalue weighted by Gasteiger charge is -2.36. The molecule has 0 spiro atoms. The lowest BCUT2D eigenvalue weighted by atomic mass is 9.80. The van der Waals surface area contributed by atoms with E-state index in [2.05, 4.69) is 29.7 Å². The molecule has 0 aromatic heterocycles. The Morgan fingerprint density at radius 2 is 2.05 bits per heavy atom. The van der Waals surface area contributed by atoms with Crippen molar-refractivity contribution >= 4 is 6.03 Å². The van der Waals surface area contributed by atoms with Gasteiger partial charge in [-0.05, 0) is 43.1 Å². The van der Waals surface area contributed by atoms with E-state index in [1.165, 1.54) is 0 Å². The molecule has 2 fully saturated rings. The second-order valence-electron chi connectivity index (χ2n) is 6.67. The first-order valence-electron chi connectivity index (χ1n) is 7.89. The first-order chi connectivity index (χ1) is 10.1. The summed E-state index contributed by atoms with van der Waals surface area (Å²) in [5.41, 5.74) is 0.483. The Morgan fingerprint density at radius 1 is 1.38 bits per heavy atom. The van der Waals surface area contributed by atoms with Crippen molar-refractivity contribution in [1.29, 1.82) is 0 Å². The molecule has 2 amide bonds. The van der Waals surface area contributed by atoms with Gasteiger partial charge < -0.3 is 15.7 Å². The van der Waals surface area contributed by atoms with Crippen molar-refractivity contribution in [2.45, 2.75) is 44.2 Å². The van der Waals surface area contributed by atoms with Crippen LogP contribution in [0.25, 0.3) is 0 Å². The molecule has 3 rings (SSSR count). The zero-order valence-electron chi connectivity index (χ0n) is 12.5. The third-order valence-corrected chi connectivity index (χ3v) is 4.91. The highest BCUT2D eigenvalue weighted by Gasteiger charge is 2.41. The van der Waals surface area contributed by atoms with E-state index in [0.717, 1.165) is 31.2 Å². The van der Waals surface area contributed by atoms with Crippen LogP contribution in [-0.4, -0.2) is 23.3 Å². The molecule has 0 radical (unpaired) electrons. The highest BCUT2D eigenvalue weighted by Crippen LogP contribution is 2.46. The molecule has 4 nitrogen and oxygen atoms in total. The molecule has 21 heavy (non-hydrogen) atoms. The van der Waals surface area contributed by atoms with Gasteiger partial charge >= 0.3 is 6.03 Å². The number of aliphatic hydroxyl groups is 1. The molecule has 3 N–H and O–H groups in total. The van der Waals surface area contributed by atoms with Crippen molar-refractivity contribution in [2.24, 2.45) is 11.8 Å². The maximum atomic E-state index is 12.1. The zero-order chi connectivity index (χ0) is 14.9. The molecular weight excluding hydrogens is 264 g/mol. The number of nitrogens with one attached hydrogen (secondary N) is 2. The average molecular weight is 288 g/mol. The molecule has 2 aliphatic carbocycles. The number of urea groups is 1. The molecular formula is C17H24N2O2.